The summed E-state index contributed by atoms with van der Waals surface area (Å²) in [5.74, 6) is 1.05. The topological polar surface area (TPSA) is 72.8 Å². The van der Waals surface area contributed by atoms with Gasteiger partial charge in [-0.1, -0.05) is 6.07 Å². The van der Waals surface area contributed by atoms with Gasteiger partial charge in [-0.3, -0.25) is 0 Å². The molecule has 1 N–H and O–H groups in total. The minimum atomic E-state index is -2.92. The van der Waals surface area contributed by atoms with Gasteiger partial charge < -0.3 is 14.6 Å². The molecule has 1 aliphatic heterocycles. The van der Waals surface area contributed by atoms with Crippen LogP contribution in [0.5, 0.6) is 11.5 Å². The Morgan fingerprint density at radius 1 is 1.26 bits per heavy atom. The Kier molecular flexibility index (Phi) is 3.49. The summed E-state index contributed by atoms with van der Waals surface area (Å²) in [4.78, 5) is 0. The van der Waals surface area contributed by atoms with Crippen LogP contribution in [0.3, 0.4) is 0 Å². The first kappa shape index (κ1) is 14.1. The Morgan fingerprint density at radius 2 is 1.89 bits per heavy atom. The number of sulfone groups is 1. The molecule has 5 nitrogen and oxygen atoms in total. The van der Waals surface area contributed by atoms with Crippen molar-refractivity contribution in [2.45, 2.75) is 25.6 Å². The van der Waals surface area contributed by atoms with E-state index < -0.39 is 15.4 Å². The second kappa shape index (κ2) is 4.68. The highest BCUT2D eigenvalue weighted by Gasteiger charge is 2.36. The number of rotatable bonds is 4. The molecule has 1 aromatic rings. The third kappa shape index (κ3) is 3.19. The van der Waals surface area contributed by atoms with Crippen LogP contribution < -0.4 is 9.47 Å². The normalized spacial score (nSPS) is 18.7. The summed E-state index contributed by atoms with van der Waals surface area (Å²) in [5, 5.41) is 9.97. The number of methoxy groups -OCH3 is 1. The molecule has 106 valence electrons. The molecule has 19 heavy (non-hydrogen) atoms. The van der Waals surface area contributed by atoms with Crippen LogP contribution in [0.15, 0.2) is 18.2 Å². The van der Waals surface area contributed by atoms with Crippen LogP contribution in [0.4, 0.5) is 0 Å². The molecule has 0 radical (unpaired) electrons. The van der Waals surface area contributed by atoms with E-state index in [9.17, 15) is 13.5 Å². The number of hydrogen-bond donors (Lipinski definition) is 1. The highest BCUT2D eigenvalue weighted by Crippen LogP contribution is 2.34. The van der Waals surface area contributed by atoms with E-state index in [0.717, 1.165) is 0 Å². The molecule has 0 aliphatic carbocycles. The maximum absolute atomic E-state index is 11.1. The predicted molar refractivity (Wildman–Crippen MR) is 71.3 cm³/mol. The van der Waals surface area contributed by atoms with Crippen LogP contribution >= 0.6 is 0 Å². The quantitative estimate of drug-likeness (QED) is 0.897. The molecule has 1 aromatic carbocycles. The molecule has 6 heteroatoms. The van der Waals surface area contributed by atoms with Gasteiger partial charge in [0.25, 0.3) is 0 Å². The minimum absolute atomic E-state index is 0.0307. The monoisotopic (exact) mass is 286 g/mol. The molecule has 0 unspecified atom stereocenters. The fraction of sp³-hybridized carbons (Fsp3) is 0.538. The lowest BCUT2D eigenvalue weighted by Crippen LogP contribution is -2.45. The summed E-state index contributed by atoms with van der Waals surface area (Å²) >= 11 is 0. The molecule has 1 heterocycles. The smallest absolute Gasteiger partial charge is 0.162 e. The lowest BCUT2D eigenvalue weighted by Gasteiger charge is -2.28. The van der Waals surface area contributed by atoms with Gasteiger partial charge in [0.1, 0.15) is 6.10 Å². The van der Waals surface area contributed by atoms with Crippen LogP contribution in [-0.2, 0) is 15.4 Å². The van der Waals surface area contributed by atoms with Gasteiger partial charge in [-0.2, -0.15) is 0 Å². The van der Waals surface area contributed by atoms with Crippen molar-refractivity contribution < 1.29 is 23.0 Å². The first-order valence-corrected chi connectivity index (χ1v) is 7.81. The van der Waals surface area contributed by atoms with E-state index >= 15 is 0 Å². The fourth-order valence-corrected chi connectivity index (χ4v) is 3.09. The number of hydrogen-bond acceptors (Lipinski definition) is 5. The minimum Gasteiger partial charge on any atom is -0.493 e. The molecular formula is C13H18O5S. The van der Waals surface area contributed by atoms with E-state index in [-0.39, 0.29) is 17.6 Å². The van der Waals surface area contributed by atoms with E-state index in [2.05, 4.69) is 0 Å². The van der Waals surface area contributed by atoms with Crippen molar-refractivity contribution in [2.24, 2.45) is 0 Å². The highest BCUT2D eigenvalue weighted by molar-refractivity contribution is 7.92. The summed E-state index contributed by atoms with van der Waals surface area (Å²) < 4.78 is 33.0. The molecule has 0 amide bonds. The third-order valence-electron chi connectivity index (χ3n) is 3.04. The zero-order valence-corrected chi connectivity index (χ0v) is 12.0. The zero-order chi connectivity index (χ0) is 14.3. The van der Waals surface area contributed by atoms with Gasteiger partial charge in [0.15, 0.2) is 21.3 Å². The highest BCUT2D eigenvalue weighted by atomic mass is 32.2. The van der Waals surface area contributed by atoms with E-state index in [4.69, 9.17) is 9.47 Å². The van der Waals surface area contributed by atoms with Gasteiger partial charge in [0, 0.05) is 0 Å². The zero-order valence-electron chi connectivity index (χ0n) is 11.2. The Balaban J connectivity index is 2.22. The van der Waals surface area contributed by atoms with Crippen molar-refractivity contribution in [1.82, 2.24) is 0 Å². The van der Waals surface area contributed by atoms with E-state index in [0.29, 0.717) is 17.1 Å². The fourth-order valence-electron chi connectivity index (χ4n) is 1.91. The number of ether oxygens (including phenoxy) is 2. The van der Waals surface area contributed by atoms with Crippen molar-refractivity contribution in [1.29, 1.82) is 0 Å². The number of aliphatic hydroxyl groups is 1. The Morgan fingerprint density at radius 3 is 2.37 bits per heavy atom. The summed E-state index contributed by atoms with van der Waals surface area (Å²) in [6.07, 6.45) is -0.337. The van der Waals surface area contributed by atoms with Crippen molar-refractivity contribution in [3.8, 4) is 11.5 Å². The van der Waals surface area contributed by atoms with E-state index in [1.807, 2.05) is 0 Å². The number of benzene rings is 1. The molecule has 0 bridgehead atoms. The Hall–Kier alpha value is -1.27. The average molecular weight is 286 g/mol. The van der Waals surface area contributed by atoms with Crippen molar-refractivity contribution in [3.05, 3.63) is 23.8 Å². The maximum Gasteiger partial charge on any atom is 0.162 e. The standard InChI is InChI=1S/C13H18O5S/c1-13(2,14)9-4-5-11(17-3)12(6-9)18-10-7-19(15,16)8-10/h4-6,10,14H,7-8H2,1-3H3. The second-order valence-corrected chi connectivity index (χ2v) is 7.40. The molecule has 0 saturated carbocycles. The van der Waals surface area contributed by atoms with E-state index in [1.54, 1.807) is 32.0 Å². The van der Waals surface area contributed by atoms with Crippen LogP contribution in [-0.4, -0.2) is 38.2 Å². The van der Waals surface area contributed by atoms with Gasteiger partial charge >= 0.3 is 0 Å². The van der Waals surface area contributed by atoms with E-state index in [1.165, 1.54) is 7.11 Å². The van der Waals surface area contributed by atoms with Gasteiger partial charge in [-0.15, -0.1) is 0 Å². The first-order valence-electron chi connectivity index (χ1n) is 5.99. The molecule has 0 spiro atoms. The van der Waals surface area contributed by atoms with Gasteiger partial charge in [-0.05, 0) is 31.5 Å². The van der Waals surface area contributed by atoms with Crippen LogP contribution in [0, 0.1) is 0 Å². The Bertz CT molecular complexity index is 559. The summed E-state index contributed by atoms with van der Waals surface area (Å²) in [6.45, 7) is 3.35. The molecule has 1 aliphatic rings. The first-order chi connectivity index (χ1) is 8.71. The average Bonchev–Trinajstić information content (AvgIpc) is 2.25. The van der Waals surface area contributed by atoms with Crippen molar-refractivity contribution >= 4 is 9.84 Å². The summed E-state index contributed by atoms with van der Waals surface area (Å²) in [7, 11) is -1.41. The van der Waals surface area contributed by atoms with Crippen molar-refractivity contribution in [3.63, 3.8) is 0 Å². The third-order valence-corrected chi connectivity index (χ3v) is 4.80. The van der Waals surface area contributed by atoms with Crippen LogP contribution in [0.1, 0.15) is 19.4 Å². The van der Waals surface area contributed by atoms with Gasteiger partial charge in [-0.25, -0.2) is 8.42 Å². The molecule has 1 fully saturated rings. The summed E-state index contributed by atoms with van der Waals surface area (Å²) in [5.41, 5.74) is -0.304. The largest absolute Gasteiger partial charge is 0.493 e. The van der Waals surface area contributed by atoms with Gasteiger partial charge in [0.05, 0.1) is 24.2 Å². The molecule has 2 rings (SSSR count). The molecule has 0 atom stereocenters. The predicted octanol–water partition coefficient (Wildman–Crippen LogP) is 1.10. The molecular weight excluding hydrogens is 268 g/mol. The maximum atomic E-state index is 11.1. The van der Waals surface area contributed by atoms with Crippen LogP contribution in [0.25, 0.3) is 0 Å². The van der Waals surface area contributed by atoms with Crippen LogP contribution in [0.2, 0.25) is 0 Å². The summed E-state index contributed by atoms with van der Waals surface area (Å²) in [6, 6.07) is 5.14. The SMILES string of the molecule is COc1ccc(C(C)(C)O)cc1OC1CS(=O)(=O)C1. The lowest BCUT2D eigenvalue weighted by molar-refractivity contribution is 0.0779. The van der Waals surface area contributed by atoms with Gasteiger partial charge in [0.2, 0.25) is 0 Å². The van der Waals surface area contributed by atoms with Crippen molar-refractivity contribution in [2.75, 3.05) is 18.6 Å². The Labute approximate surface area is 113 Å². The molecule has 1 saturated heterocycles. The lowest BCUT2D eigenvalue weighted by atomic mass is 9.98. The molecule has 0 aromatic heterocycles. The second-order valence-electron chi connectivity index (χ2n) is 5.24.